The number of hydrogen-bond donors (Lipinski definition) is 2. The van der Waals surface area contributed by atoms with E-state index in [4.69, 9.17) is 0 Å². The molecule has 0 aromatic carbocycles. The smallest absolute Gasteiger partial charge is 0.350 e. The molecule has 6 nitrogen and oxygen atoms in total. The second-order valence-electron chi connectivity index (χ2n) is 4.31. The largest absolute Gasteiger partial charge is 0.427 e. The molecule has 0 unspecified atom stereocenters. The molecule has 0 spiro atoms. The minimum absolute atomic E-state index is 0. The SMILES string of the molecule is Cl.O=c1nc2n(O)cccc-2n1C1CCNCC1. The van der Waals surface area contributed by atoms with Crippen LogP contribution < -0.4 is 11.0 Å². The maximum absolute atomic E-state index is 11.9. The Morgan fingerprint density at radius 2 is 2.11 bits per heavy atom. The fraction of sp³-hybridized carbons (Fsp3) is 0.455. The summed E-state index contributed by atoms with van der Waals surface area (Å²) in [5.74, 6) is 0.330. The highest BCUT2D eigenvalue weighted by Gasteiger charge is 2.24. The molecule has 0 aliphatic carbocycles. The fourth-order valence-electron chi connectivity index (χ4n) is 2.44. The van der Waals surface area contributed by atoms with Crippen LogP contribution in [0.3, 0.4) is 0 Å². The van der Waals surface area contributed by atoms with Gasteiger partial charge >= 0.3 is 5.69 Å². The lowest BCUT2D eigenvalue weighted by Gasteiger charge is -2.24. The second kappa shape index (κ2) is 4.99. The third kappa shape index (κ3) is 1.97. The summed E-state index contributed by atoms with van der Waals surface area (Å²) in [7, 11) is 0. The normalized spacial score (nSPS) is 16.7. The lowest BCUT2D eigenvalue weighted by atomic mass is 10.1. The third-order valence-electron chi connectivity index (χ3n) is 3.27. The summed E-state index contributed by atoms with van der Waals surface area (Å²) in [4.78, 5) is 15.8. The topological polar surface area (TPSA) is 72.1 Å². The number of rotatable bonds is 1. The Balaban J connectivity index is 0.00000120. The van der Waals surface area contributed by atoms with Crippen LogP contribution in [0.4, 0.5) is 0 Å². The van der Waals surface area contributed by atoms with Crippen LogP contribution in [0.25, 0.3) is 11.5 Å². The molecule has 1 saturated heterocycles. The van der Waals surface area contributed by atoms with Gasteiger partial charge in [-0.15, -0.1) is 12.4 Å². The molecule has 3 rings (SSSR count). The van der Waals surface area contributed by atoms with Crippen LogP contribution in [0, 0.1) is 0 Å². The zero-order chi connectivity index (χ0) is 11.8. The van der Waals surface area contributed by atoms with Crippen molar-refractivity contribution >= 4 is 12.4 Å². The van der Waals surface area contributed by atoms with E-state index in [2.05, 4.69) is 10.3 Å². The van der Waals surface area contributed by atoms with Gasteiger partial charge < -0.3 is 10.5 Å². The van der Waals surface area contributed by atoms with Gasteiger partial charge in [-0.1, -0.05) is 0 Å². The molecule has 3 heterocycles. The van der Waals surface area contributed by atoms with Crippen molar-refractivity contribution in [2.75, 3.05) is 13.1 Å². The Bertz CT molecular complexity index is 559. The summed E-state index contributed by atoms with van der Waals surface area (Å²) in [6, 6.07) is 3.70. The van der Waals surface area contributed by atoms with Crippen LogP contribution in [-0.2, 0) is 0 Å². The van der Waals surface area contributed by atoms with E-state index in [1.54, 1.807) is 10.6 Å². The molecule has 0 atom stereocenters. The van der Waals surface area contributed by atoms with Crippen molar-refractivity contribution in [2.24, 2.45) is 0 Å². The number of nitrogens with one attached hydrogen (secondary N) is 1. The lowest BCUT2D eigenvalue weighted by molar-refractivity contribution is 0.186. The molecule has 18 heavy (non-hydrogen) atoms. The summed E-state index contributed by atoms with van der Waals surface area (Å²) in [6.07, 6.45) is 3.31. The van der Waals surface area contributed by atoms with Gasteiger partial charge in [-0.25, -0.2) is 4.79 Å². The molecule has 0 aromatic heterocycles. The standard InChI is InChI=1S/C11H14N4O2.ClH/c16-11-13-10-9(2-1-7-14(10)17)15(11)8-3-5-12-6-4-8;/h1-2,7-8,12,17H,3-6H2;1H. The molecule has 3 aliphatic heterocycles. The molecule has 0 saturated carbocycles. The van der Waals surface area contributed by atoms with Crippen molar-refractivity contribution in [1.29, 1.82) is 0 Å². The Kier molecular flexibility index (Phi) is 3.58. The second-order valence-corrected chi connectivity index (χ2v) is 4.31. The number of nitrogens with zero attached hydrogens (tertiary/aromatic N) is 3. The summed E-state index contributed by atoms with van der Waals surface area (Å²) in [5.41, 5.74) is 0.424. The Morgan fingerprint density at radius 1 is 1.39 bits per heavy atom. The molecule has 7 heteroatoms. The minimum Gasteiger partial charge on any atom is -0.427 e. The lowest BCUT2D eigenvalue weighted by Crippen LogP contribution is -2.33. The quantitative estimate of drug-likeness (QED) is 0.750. The number of aromatic nitrogens is 3. The van der Waals surface area contributed by atoms with Crippen molar-refractivity contribution in [3.63, 3.8) is 0 Å². The van der Waals surface area contributed by atoms with Gasteiger partial charge in [0.15, 0.2) is 5.82 Å². The molecule has 0 bridgehead atoms. The van der Waals surface area contributed by atoms with E-state index >= 15 is 0 Å². The summed E-state index contributed by atoms with van der Waals surface area (Å²) < 4.78 is 2.59. The number of pyridine rings is 1. The van der Waals surface area contributed by atoms with Gasteiger partial charge in [0.2, 0.25) is 0 Å². The number of imidazole rings is 1. The van der Waals surface area contributed by atoms with Crippen LogP contribution in [0.2, 0.25) is 0 Å². The first-order valence-electron chi connectivity index (χ1n) is 5.77. The Morgan fingerprint density at radius 3 is 2.83 bits per heavy atom. The predicted octanol–water partition coefficient (Wildman–Crippen LogP) is 0.733. The summed E-state index contributed by atoms with van der Waals surface area (Å²) >= 11 is 0. The van der Waals surface area contributed by atoms with Gasteiger partial charge in [0.05, 0.1) is 5.69 Å². The van der Waals surface area contributed by atoms with Crippen molar-refractivity contribution in [2.45, 2.75) is 18.9 Å². The van der Waals surface area contributed by atoms with Crippen LogP contribution in [0.5, 0.6) is 0 Å². The third-order valence-corrected chi connectivity index (χ3v) is 3.27. The zero-order valence-corrected chi connectivity index (χ0v) is 10.6. The summed E-state index contributed by atoms with van der Waals surface area (Å²) in [5, 5.41) is 12.9. The highest BCUT2D eigenvalue weighted by atomic mass is 35.5. The van der Waals surface area contributed by atoms with Crippen molar-refractivity contribution in [1.82, 2.24) is 19.6 Å². The minimum atomic E-state index is -0.277. The van der Waals surface area contributed by atoms with Crippen LogP contribution in [-0.4, -0.2) is 32.6 Å². The molecule has 1 fully saturated rings. The Labute approximate surface area is 110 Å². The number of fused-ring (bicyclic) bond motifs is 1. The summed E-state index contributed by atoms with van der Waals surface area (Å²) in [6.45, 7) is 1.82. The number of halogens is 1. The molecule has 98 valence electrons. The number of piperidine rings is 1. The van der Waals surface area contributed by atoms with E-state index in [0.29, 0.717) is 11.5 Å². The molecule has 0 amide bonds. The maximum Gasteiger partial charge on any atom is 0.350 e. The number of hydrogen-bond acceptors (Lipinski definition) is 4. The van der Waals surface area contributed by atoms with Gasteiger partial charge in [0.1, 0.15) is 0 Å². The van der Waals surface area contributed by atoms with Gasteiger partial charge in [0.25, 0.3) is 0 Å². The molecule has 0 radical (unpaired) electrons. The van der Waals surface area contributed by atoms with Gasteiger partial charge in [0, 0.05) is 12.2 Å². The van der Waals surface area contributed by atoms with Gasteiger partial charge in [-0.05, 0) is 38.1 Å². The highest BCUT2D eigenvalue weighted by Crippen LogP contribution is 2.24. The molecule has 3 aliphatic rings. The van der Waals surface area contributed by atoms with Crippen LogP contribution >= 0.6 is 12.4 Å². The van der Waals surface area contributed by atoms with E-state index < -0.39 is 0 Å². The molecule has 0 aromatic rings. The van der Waals surface area contributed by atoms with Gasteiger partial charge in [-0.2, -0.15) is 9.71 Å². The fourth-order valence-corrected chi connectivity index (χ4v) is 2.44. The van der Waals surface area contributed by atoms with E-state index in [1.165, 1.54) is 6.20 Å². The van der Waals surface area contributed by atoms with Gasteiger partial charge in [-0.3, -0.25) is 4.57 Å². The van der Waals surface area contributed by atoms with E-state index in [1.807, 2.05) is 6.07 Å². The first-order valence-corrected chi connectivity index (χ1v) is 5.77. The molecule has 2 N–H and O–H groups in total. The highest BCUT2D eigenvalue weighted by molar-refractivity contribution is 5.85. The average Bonchev–Trinajstić information content (AvgIpc) is 2.68. The first kappa shape index (κ1) is 12.9. The van der Waals surface area contributed by atoms with E-state index in [0.717, 1.165) is 30.7 Å². The first-order chi connectivity index (χ1) is 8.27. The van der Waals surface area contributed by atoms with E-state index in [-0.39, 0.29) is 24.1 Å². The maximum atomic E-state index is 11.9. The van der Waals surface area contributed by atoms with E-state index in [9.17, 15) is 10.0 Å². The Hall–Kier alpha value is -1.53. The molecular weight excluding hydrogens is 256 g/mol. The average molecular weight is 271 g/mol. The van der Waals surface area contributed by atoms with Crippen LogP contribution in [0.1, 0.15) is 18.9 Å². The van der Waals surface area contributed by atoms with Crippen LogP contribution in [0.15, 0.2) is 23.1 Å². The van der Waals surface area contributed by atoms with Crippen molar-refractivity contribution in [3.05, 3.63) is 28.8 Å². The zero-order valence-electron chi connectivity index (χ0n) is 9.74. The van der Waals surface area contributed by atoms with Crippen molar-refractivity contribution in [3.8, 4) is 11.5 Å². The van der Waals surface area contributed by atoms with Crippen molar-refractivity contribution < 1.29 is 5.21 Å². The predicted molar refractivity (Wildman–Crippen MR) is 68.7 cm³/mol. The molecular formula is C11H15ClN4O2. The monoisotopic (exact) mass is 270 g/mol.